The van der Waals surface area contributed by atoms with Crippen LogP contribution in [0, 0.1) is 0 Å². The number of carbonyl (C=O) groups is 3. The maximum absolute atomic E-state index is 11.5. The van der Waals surface area contributed by atoms with Gasteiger partial charge in [-0.1, -0.05) is 0 Å². The van der Waals surface area contributed by atoms with E-state index in [1.54, 1.807) is 24.3 Å². The van der Waals surface area contributed by atoms with E-state index < -0.39 is 0 Å². The van der Waals surface area contributed by atoms with Gasteiger partial charge in [-0.2, -0.15) is 0 Å². The van der Waals surface area contributed by atoms with E-state index in [0.29, 0.717) is 37.1 Å². The fourth-order valence-corrected chi connectivity index (χ4v) is 1.59. The number of urea groups is 1. The Balaban J connectivity index is 2.28. The quantitative estimate of drug-likeness (QED) is 0.522. The van der Waals surface area contributed by atoms with Gasteiger partial charge in [-0.05, 0) is 44.0 Å². The number of carbonyl (C=O) groups excluding carboxylic acids is 3. The van der Waals surface area contributed by atoms with Gasteiger partial charge in [0.1, 0.15) is 0 Å². The van der Waals surface area contributed by atoms with Crippen molar-refractivity contribution in [1.29, 1.82) is 0 Å². The first-order valence-electron chi connectivity index (χ1n) is 6.43. The number of Topliss-reactive ketones (excluding diaryl/α,β-unsaturated/α-hetero) is 1. The van der Waals surface area contributed by atoms with Crippen LogP contribution in [0.3, 0.4) is 0 Å². The number of unbranched alkanes of at least 4 members (excludes halogenated alkanes) is 1. The zero-order valence-electron chi connectivity index (χ0n) is 11.4. The smallest absolute Gasteiger partial charge is 0.319 e. The number of nitrogens with two attached hydrogens (primary N) is 1. The Morgan fingerprint density at radius 2 is 1.75 bits per heavy atom. The van der Waals surface area contributed by atoms with Gasteiger partial charge >= 0.3 is 6.03 Å². The number of nitrogens with one attached hydrogen (secondary N) is 2. The first kappa shape index (κ1) is 15.7. The zero-order chi connectivity index (χ0) is 15.0. The van der Waals surface area contributed by atoms with Crippen molar-refractivity contribution in [3.8, 4) is 0 Å². The second-order valence-corrected chi connectivity index (χ2v) is 4.44. The van der Waals surface area contributed by atoms with Crippen LogP contribution in [-0.2, 0) is 4.79 Å². The van der Waals surface area contributed by atoms with Crippen LogP contribution in [0.4, 0.5) is 10.5 Å². The Morgan fingerprint density at radius 1 is 1.10 bits per heavy atom. The number of rotatable bonds is 7. The van der Waals surface area contributed by atoms with Crippen LogP contribution in [0.15, 0.2) is 24.3 Å². The van der Waals surface area contributed by atoms with Gasteiger partial charge in [-0.25, -0.2) is 4.79 Å². The lowest BCUT2D eigenvalue weighted by Gasteiger charge is -2.07. The molecule has 1 rings (SSSR count). The monoisotopic (exact) mass is 277 g/mol. The summed E-state index contributed by atoms with van der Waals surface area (Å²) in [6, 6.07) is 6.34. The van der Waals surface area contributed by atoms with Crippen molar-refractivity contribution in [3.05, 3.63) is 29.8 Å². The van der Waals surface area contributed by atoms with Gasteiger partial charge in [-0.3, -0.25) is 9.59 Å². The van der Waals surface area contributed by atoms with Crippen molar-refractivity contribution < 1.29 is 14.4 Å². The summed E-state index contributed by atoms with van der Waals surface area (Å²) in [4.78, 5) is 33.2. The summed E-state index contributed by atoms with van der Waals surface area (Å²) < 4.78 is 0. The lowest BCUT2D eigenvalue weighted by molar-refractivity contribution is -0.118. The van der Waals surface area contributed by atoms with Gasteiger partial charge in [0.05, 0.1) is 0 Å². The molecule has 108 valence electrons. The lowest BCUT2D eigenvalue weighted by atomic mass is 10.1. The van der Waals surface area contributed by atoms with Gasteiger partial charge in [0.25, 0.3) is 0 Å². The first-order chi connectivity index (χ1) is 9.49. The average Bonchev–Trinajstić information content (AvgIpc) is 2.38. The fraction of sp³-hybridized carbons (Fsp3) is 0.357. The zero-order valence-corrected chi connectivity index (χ0v) is 11.4. The van der Waals surface area contributed by atoms with E-state index in [1.807, 2.05) is 0 Å². The molecule has 3 amide bonds. The summed E-state index contributed by atoms with van der Waals surface area (Å²) in [5.41, 5.74) is 6.22. The largest absolute Gasteiger partial charge is 0.370 e. The molecule has 0 fully saturated rings. The van der Waals surface area contributed by atoms with Crippen LogP contribution in [-0.4, -0.2) is 24.3 Å². The third kappa shape index (κ3) is 5.99. The summed E-state index contributed by atoms with van der Waals surface area (Å²) in [5, 5.41) is 5.33. The molecule has 6 heteroatoms. The van der Waals surface area contributed by atoms with E-state index in [0.717, 1.165) is 0 Å². The highest BCUT2D eigenvalue weighted by Gasteiger charge is 2.03. The minimum atomic E-state index is -0.333. The summed E-state index contributed by atoms with van der Waals surface area (Å²) in [6.07, 6.45) is 1.68. The Kier molecular flexibility index (Phi) is 6.22. The maximum atomic E-state index is 11.5. The summed E-state index contributed by atoms with van der Waals surface area (Å²) >= 11 is 0. The van der Waals surface area contributed by atoms with Gasteiger partial charge in [0.15, 0.2) is 5.78 Å². The van der Waals surface area contributed by atoms with Crippen LogP contribution in [0.25, 0.3) is 0 Å². The topological polar surface area (TPSA) is 101 Å². The minimum absolute atomic E-state index is 0.0181. The Morgan fingerprint density at radius 3 is 2.30 bits per heavy atom. The number of benzene rings is 1. The maximum Gasteiger partial charge on any atom is 0.319 e. The van der Waals surface area contributed by atoms with Crippen molar-refractivity contribution in [3.63, 3.8) is 0 Å². The van der Waals surface area contributed by atoms with Gasteiger partial charge in [0.2, 0.25) is 5.91 Å². The third-order valence-electron chi connectivity index (χ3n) is 2.68. The van der Waals surface area contributed by atoms with Gasteiger partial charge in [0, 0.05) is 24.2 Å². The molecule has 0 heterocycles. The van der Waals surface area contributed by atoms with Crippen LogP contribution in [0.5, 0.6) is 0 Å². The molecule has 0 atom stereocenters. The first-order valence-corrected chi connectivity index (χ1v) is 6.43. The number of hydrogen-bond donors (Lipinski definition) is 3. The van der Waals surface area contributed by atoms with Crippen LogP contribution in [0.2, 0.25) is 0 Å². The van der Waals surface area contributed by atoms with Gasteiger partial charge < -0.3 is 16.4 Å². The number of ketones is 1. The molecule has 0 saturated heterocycles. The molecular weight excluding hydrogens is 258 g/mol. The van der Waals surface area contributed by atoms with Gasteiger partial charge in [-0.15, -0.1) is 0 Å². The normalized spacial score (nSPS) is 9.85. The molecule has 0 aromatic heterocycles. The molecule has 20 heavy (non-hydrogen) atoms. The molecule has 0 bridgehead atoms. The lowest BCUT2D eigenvalue weighted by Crippen LogP contribution is -2.29. The van der Waals surface area contributed by atoms with Crippen LogP contribution in [0.1, 0.15) is 36.5 Å². The third-order valence-corrected chi connectivity index (χ3v) is 2.68. The van der Waals surface area contributed by atoms with E-state index in [9.17, 15) is 14.4 Å². The molecule has 0 aliphatic rings. The Labute approximate surface area is 117 Å². The van der Waals surface area contributed by atoms with Crippen LogP contribution < -0.4 is 16.4 Å². The Bertz CT molecular complexity index is 483. The molecule has 0 saturated carbocycles. The fourth-order valence-electron chi connectivity index (χ4n) is 1.59. The SMILES string of the molecule is CC(=O)c1ccc(NC(=O)NCCCCC(N)=O)cc1. The predicted molar refractivity (Wildman–Crippen MR) is 76.5 cm³/mol. The molecular formula is C14H19N3O3. The van der Waals surface area contributed by atoms with Crippen molar-refractivity contribution >= 4 is 23.4 Å². The van der Waals surface area contributed by atoms with E-state index in [1.165, 1.54) is 6.92 Å². The van der Waals surface area contributed by atoms with E-state index in [-0.39, 0.29) is 17.7 Å². The highest BCUT2D eigenvalue weighted by atomic mass is 16.2. The van der Waals surface area contributed by atoms with Crippen molar-refractivity contribution in [2.24, 2.45) is 5.73 Å². The Hall–Kier alpha value is -2.37. The van der Waals surface area contributed by atoms with E-state index in [4.69, 9.17) is 5.73 Å². The molecule has 0 unspecified atom stereocenters. The number of hydrogen-bond acceptors (Lipinski definition) is 3. The minimum Gasteiger partial charge on any atom is -0.370 e. The van der Waals surface area contributed by atoms with Crippen molar-refractivity contribution in [2.75, 3.05) is 11.9 Å². The highest BCUT2D eigenvalue weighted by molar-refractivity contribution is 5.95. The number of amides is 3. The summed E-state index contributed by atoms with van der Waals surface area (Å²) in [7, 11) is 0. The average molecular weight is 277 g/mol. The summed E-state index contributed by atoms with van der Waals surface area (Å²) in [6.45, 7) is 1.96. The molecule has 0 aliphatic carbocycles. The second kappa shape index (κ2) is 7.93. The highest BCUT2D eigenvalue weighted by Crippen LogP contribution is 2.09. The number of primary amides is 1. The standard InChI is InChI=1S/C14H19N3O3/c1-10(18)11-5-7-12(8-6-11)17-14(20)16-9-3-2-4-13(15)19/h5-8H,2-4,9H2,1H3,(H2,15,19)(H2,16,17,20). The molecule has 4 N–H and O–H groups in total. The molecule has 6 nitrogen and oxygen atoms in total. The predicted octanol–water partition coefficient (Wildman–Crippen LogP) is 1.67. The summed E-state index contributed by atoms with van der Waals surface area (Å²) in [5.74, 6) is -0.351. The second-order valence-electron chi connectivity index (χ2n) is 4.44. The molecule has 0 spiro atoms. The molecule has 0 aliphatic heterocycles. The molecule has 1 aromatic carbocycles. The van der Waals surface area contributed by atoms with E-state index >= 15 is 0 Å². The molecule has 0 radical (unpaired) electrons. The van der Waals surface area contributed by atoms with Crippen LogP contribution >= 0.6 is 0 Å². The van der Waals surface area contributed by atoms with Crippen molar-refractivity contribution in [1.82, 2.24) is 5.32 Å². The van der Waals surface area contributed by atoms with Crippen molar-refractivity contribution in [2.45, 2.75) is 26.2 Å². The molecule has 1 aromatic rings. The van der Waals surface area contributed by atoms with E-state index in [2.05, 4.69) is 10.6 Å². The number of anilines is 1.